The van der Waals surface area contributed by atoms with Crippen LogP contribution in [0.4, 0.5) is 0 Å². The lowest BCUT2D eigenvalue weighted by Gasteiger charge is -2.40. The van der Waals surface area contributed by atoms with Gasteiger partial charge >= 0.3 is 5.97 Å². The summed E-state index contributed by atoms with van der Waals surface area (Å²) in [5.74, 6) is 0.104. The molecule has 7 rings (SSSR count). The van der Waals surface area contributed by atoms with Crippen molar-refractivity contribution in [3.8, 4) is 5.75 Å². The molecule has 0 spiro atoms. The van der Waals surface area contributed by atoms with Crippen molar-refractivity contribution in [2.45, 2.75) is 71.3 Å². The van der Waals surface area contributed by atoms with Crippen LogP contribution in [0.1, 0.15) is 81.5 Å². The zero-order chi connectivity index (χ0) is 34.0. The number of nitrogens with one attached hydrogen (secondary N) is 1. The second kappa shape index (κ2) is 13.5. The second-order valence-electron chi connectivity index (χ2n) is 14.2. The van der Waals surface area contributed by atoms with E-state index in [0.29, 0.717) is 18.8 Å². The lowest BCUT2D eigenvalue weighted by molar-refractivity contribution is -0.128. The Kier molecular flexibility index (Phi) is 8.98. The SMILES string of the molecule is CC(C)(C)C(=C=CC(=O)Oc1cccc2c3c(ccc12)C1=CCCC=C1C(=O)C3)C1(c2cccc(C3=CC=CC=CN3)c2)CCCCCO1. The van der Waals surface area contributed by atoms with Crippen molar-refractivity contribution in [1.29, 1.82) is 0 Å². The normalized spacial score (nSPS) is 20.3. The number of ether oxygens (including phenoxy) is 2. The number of esters is 1. The van der Waals surface area contributed by atoms with Crippen LogP contribution in [0.2, 0.25) is 0 Å². The fourth-order valence-corrected chi connectivity index (χ4v) is 7.70. The fourth-order valence-electron chi connectivity index (χ4n) is 7.70. The Labute approximate surface area is 289 Å². The molecular formula is C44H43NO4. The number of hydrogen-bond donors (Lipinski definition) is 1. The van der Waals surface area contributed by atoms with Crippen LogP contribution in [-0.4, -0.2) is 18.4 Å². The predicted octanol–water partition coefficient (Wildman–Crippen LogP) is 9.60. The highest BCUT2D eigenvalue weighted by molar-refractivity contribution is 6.17. The summed E-state index contributed by atoms with van der Waals surface area (Å²) in [6, 6.07) is 18.3. The number of ketones is 1. The van der Waals surface area contributed by atoms with E-state index in [1.807, 2.05) is 48.7 Å². The van der Waals surface area contributed by atoms with Gasteiger partial charge in [0, 0.05) is 41.5 Å². The molecule has 3 aromatic rings. The second-order valence-corrected chi connectivity index (χ2v) is 14.2. The summed E-state index contributed by atoms with van der Waals surface area (Å²) in [5, 5.41) is 5.13. The molecule has 1 fully saturated rings. The van der Waals surface area contributed by atoms with Gasteiger partial charge in [0.1, 0.15) is 11.4 Å². The standard InChI is InChI=1S/C44H43NO4/c1-43(2,3)41(44(25-9-5-11-27-48-44)31-15-12-14-30(28-31)38-19-6-4-10-26-45-38)23-24-42(47)49-40-20-13-18-33-36(40)22-21-34-32-16-7-8-17-35(32)39(46)29-37(33)34/h4,6,10,12-22,24,26,28,45H,5,7-9,11,25,27,29H2,1-3H3. The molecule has 2 aliphatic heterocycles. The van der Waals surface area contributed by atoms with Gasteiger partial charge in [0.2, 0.25) is 0 Å². The first-order valence-corrected chi connectivity index (χ1v) is 17.5. The lowest BCUT2D eigenvalue weighted by atomic mass is 9.71. The highest BCUT2D eigenvalue weighted by atomic mass is 16.5. The molecule has 248 valence electrons. The summed E-state index contributed by atoms with van der Waals surface area (Å²) in [6.45, 7) is 7.07. The summed E-state index contributed by atoms with van der Waals surface area (Å²) >= 11 is 0. The maximum absolute atomic E-state index is 13.6. The molecule has 1 N–H and O–H groups in total. The molecule has 5 heteroatoms. The molecule has 1 atom stereocenters. The molecule has 2 heterocycles. The van der Waals surface area contributed by atoms with Crippen LogP contribution in [-0.2, 0) is 26.3 Å². The van der Waals surface area contributed by atoms with Gasteiger partial charge in [-0.15, -0.1) is 5.73 Å². The minimum Gasteiger partial charge on any atom is -0.422 e. The number of Topliss-reactive ketones (excluding diaryl/α,β-unsaturated/α-hetero) is 1. The molecule has 0 aromatic heterocycles. The third kappa shape index (κ3) is 6.45. The number of rotatable bonds is 5. The van der Waals surface area contributed by atoms with Gasteiger partial charge in [0.05, 0.1) is 6.08 Å². The van der Waals surface area contributed by atoms with Crippen molar-refractivity contribution < 1.29 is 19.1 Å². The number of allylic oxidation sites excluding steroid dienone is 8. The van der Waals surface area contributed by atoms with Gasteiger partial charge in [0.25, 0.3) is 0 Å². The molecule has 0 radical (unpaired) electrons. The Morgan fingerprint density at radius 2 is 1.78 bits per heavy atom. The highest BCUT2D eigenvalue weighted by Crippen LogP contribution is 2.48. The minimum atomic E-state index is -0.759. The predicted molar refractivity (Wildman–Crippen MR) is 197 cm³/mol. The first-order valence-electron chi connectivity index (χ1n) is 17.5. The monoisotopic (exact) mass is 649 g/mol. The molecule has 49 heavy (non-hydrogen) atoms. The Morgan fingerprint density at radius 1 is 0.939 bits per heavy atom. The van der Waals surface area contributed by atoms with Crippen molar-refractivity contribution in [2.24, 2.45) is 5.41 Å². The van der Waals surface area contributed by atoms with Gasteiger partial charge in [-0.25, -0.2) is 4.79 Å². The number of hydrogen-bond acceptors (Lipinski definition) is 5. The van der Waals surface area contributed by atoms with Crippen LogP contribution >= 0.6 is 0 Å². The summed E-state index contributed by atoms with van der Waals surface area (Å²) in [6.07, 6.45) is 21.7. The number of fused-ring (bicyclic) bond motifs is 5. The van der Waals surface area contributed by atoms with E-state index in [4.69, 9.17) is 9.47 Å². The van der Waals surface area contributed by atoms with Gasteiger partial charge < -0.3 is 14.8 Å². The van der Waals surface area contributed by atoms with Crippen molar-refractivity contribution in [3.05, 3.63) is 142 Å². The molecule has 3 aromatic carbocycles. The van der Waals surface area contributed by atoms with E-state index in [1.165, 1.54) is 6.08 Å². The van der Waals surface area contributed by atoms with E-state index in [9.17, 15) is 9.59 Å². The average Bonchev–Trinajstić information content (AvgIpc) is 3.53. The zero-order valence-corrected chi connectivity index (χ0v) is 28.6. The van der Waals surface area contributed by atoms with E-state index in [0.717, 1.165) is 94.0 Å². The summed E-state index contributed by atoms with van der Waals surface area (Å²) in [7, 11) is 0. The third-order valence-electron chi connectivity index (χ3n) is 9.90. The molecule has 0 bridgehead atoms. The molecule has 0 amide bonds. The largest absolute Gasteiger partial charge is 0.422 e. The Morgan fingerprint density at radius 3 is 2.63 bits per heavy atom. The van der Waals surface area contributed by atoms with Gasteiger partial charge in [0.15, 0.2) is 5.78 Å². The van der Waals surface area contributed by atoms with Crippen LogP contribution < -0.4 is 10.1 Å². The smallest absolute Gasteiger partial charge is 0.344 e. The van der Waals surface area contributed by atoms with Gasteiger partial charge in [-0.2, -0.15) is 0 Å². The van der Waals surface area contributed by atoms with Crippen LogP contribution in [0.5, 0.6) is 5.75 Å². The first-order chi connectivity index (χ1) is 23.7. The highest BCUT2D eigenvalue weighted by Gasteiger charge is 2.43. The molecular weight excluding hydrogens is 606 g/mol. The topological polar surface area (TPSA) is 64.6 Å². The summed E-state index contributed by atoms with van der Waals surface area (Å²) in [4.78, 5) is 26.7. The molecule has 1 unspecified atom stereocenters. The van der Waals surface area contributed by atoms with E-state index in [-0.39, 0.29) is 11.2 Å². The average molecular weight is 650 g/mol. The fraction of sp³-hybridized carbons (Fsp3) is 0.295. The molecule has 4 aliphatic rings. The minimum absolute atomic E-state index is 0.146. The van der Waals surface area contributed by atoms with E-state index < -0.39 is 11.6 Å². The Balaban J connectivity index is 1.26. The maximum Gasteiger partial charge on any atom is 0.344 e. The van der Waals surface area contributed by atoms with Crippen LogP contribution in [0, 0.1) is 5.41 Å². The van der Waals surface area contributed by atoms with Crippen molar-refractivity contribution in [1.82, 2.24) is 5.32 Å². The quantitative estimate of drug-likeness (QED) is 0.129. The van der Waals surface area contributed by atoms with E-state index >= 15 is 0 Å². The van der Waals surface area contributed by atoms with Crippen molar-refractivity contribution in [3.63, 3.8) is 0 Å². The number of carbonyl (C=O) groups is 2. The first kappa shape index (κ1) is 32.6. The zero-order valence-electron chi connectivity index (χ0n) is 28.6. The van der Waals surface area contributed by atoms with Gasteiger partial charge in [-0.1, -0.05) is 87.9 Å². The van der Waals surface area contributed by atoms with Gasteiger partial charge in [-0.3, -0.25) is 4.79 Å². The molecule has 5 nitrogen and oxygen atoms in total. The van der Waals surface area contributed by atoms with Crippen LogP contribution in [0.15, 0.2) is 120 Å². The molecule has 1 saturated heterocycles. The number of benzene rings is 3. The van der Waals surface area contributed by atoms with Crippen LogP contribution in [0.25, 0.3) is 22.0 Å². The van der Waals surface area contributed by atoms with Crippen molar-refractivity contribution >= 4 is 33.8 Å². The van der Waals surface area contributed by atoms with Crippen molar-refractivity contribution in [2.75, 3.05) is 6.61 Å². The van der Waals surface area contributed by atoms with Gasteiger partial charge in [-0.05, 0) is 101 Å². The number of carbonyl (C=O) groups excluding carboxylic acids is 2. The van der Waals surface area contributed by atoms with Crippen LogP contribution in [0.3, 0.4) is 0 Å². The maximum atomic E-state index is 13.6. The lowest BCUT2D eigenvalue weighted by Crippen LogP contribution is -2.37. The molecule has 0 saturated carbocycles. The summed E-state index contributed by atoms with van der Waals surface area (Å²) in [5.41, 5.74) is 10.3. The third-order valence-corrected chi connectivity index (χ3v) is 9.90. The summed E-state index contributed by atoms with van der Waals surface area (Å²) < 4.78 is 12.9. The van der Waals surface area contributed by atoms with E-state index in [2.05, 4.69) is 80.4 Å². The molecule has 2 aliphatic carbocycles. The van der Waals surface area contributed by atoms with E-state index in [1.54, 1.807) is 0 Å². The Hall–Kier alpha value is -4.96. The Bertz CT molecular complexity index is 2050.